The molecule has 0 amide bonds. The van der Waals surface area contributed by atoms with Crippen LogP contribution in [-0.2, 0) is 16.0 Å². The first-order valence-corrected chi connectivity index (χ1v) is 9.42. The number of nitrogens with zero attached hydrogens (tertiary/aromatic N) is 1. The highest BCUT2D eigenvalue weighted by Gasteiger charge is 2.20. The van der Waals surface area contributed by atoms with Gasteiger partial charge in [-0.05, 0) is 44.2 Å². The van der Waals surface area contributed by atoms with Gasteiger partial charge in [-0.2, -0.15) is 0 Å². The number of esters is 1. The van der Waals surface area contributed by atoms with Crippen LogP contribution in [0.15, 0.2) is 30.3 Å². The quantitative estimate of drug-likeness (QED) is 0.745. The molecule has 0 radical (unpaired) electrons. The zero-order valence-electron chi connectivity index (χ0n) is 15.1. The van der Waals surface area contributed by atoms with Crippen LogP contribution in [0.1, 0.15) is 27.0 Å². The molecular formula is C19H25ClN2O3S. The zero-order chi connectivity index (χ0) is 17.6. The fourth-order valence-electron chi connectivity index (χ4n) is 2.87. The molecule has 0 spiro atoms. The molecule has 1 aromatic carbocycles. The summed E-state index contributed by atoms with van der Waals surface area (Å²) in [4.78, 5) is 17.2. The van der Waals surface area contributed by atoms with E-state index in [0.29, 0.717) is 25.4 Å². The maximum atomic E-state index is 12.4. The lowest BCUT2D eigenvalue weighted by atomic mass is 10.1. The van der Waals surface area contributed by atoms with E-state index in [1.807, 2.05) is 25.1 Å². The van der Waals surface area contributed by atoms with Gasteiger partial charge in [0.2, 0.25) is 0 Å². The summed E-state index contributed by atoms with van der Waals surface area (Å²) in [6.45, 7) is 7.98. The molecule has 0 aliphatic carbocycles. The molecule has 0 bridgehead atoms. The molecule has 0 unspecified atom stereocenters. The fraction of sp³-hybridized carbons (Fsp3) is 0.421. The summed E-state index contributed by atoms with van der Waals surface area (Å²) in [6, 6.07) is 10.2. The largest absolute Gasteiger partial charge is 0.462 e. The number of ether oxygens (including phenoxy) is 2. The highest BCUT2D eigenvalue weighted by molar-refractivity contribution is 7.11. The molecule has 26 heavy (non-hydrogen) atoms. The van der Waals surface area contributed by atoms with Crippen molar-refractivity contribution in [3.8, 4) is 0 Å². The fourth-order valence-corrected chi connectivity index (χ4v) is 3.70. The summed E-state index contributed by atoms with van der Waals surface area (Å²) < 4.78 is 10.7. The monoisotopic (exact) mass is 396 g/mol. The molecule has 0 saturated carbocycles. The van der Waals surface area contributed by atoms with Crippen molar-refractivity contribution in [1.82, 2.24) is 0 Å². The summed E-state index contributed by atoms with van der Waals surface area (Å²) in [6.07, 6.45) is 0. The van der Waals surface area contributed by atoms with Gasteiger partial charge >= 0.3 is 5.97 Å². The van der Waals surface area contributed by atoms with Crippen molar-refractivity contribution < 1.29 is 14.3 Å². The maximum Gasteiger partial charge on any atom is 0.340 e. The van der Waals surface area contributed by atoms with Gasteiger partial charge in [0, 0.05) is 35.1 Å². The number of carbonyl (C=O) groups excluding carboxylic acids is 1. The van der Waals surface area contributed by atoms with Gasteiger partial charge in [0.05, 0.1) is 31.1 Å². The first-order valence-electron chi connectivity index (χ1n) is 8.60. The molecule has 3 rings (SSSR count). The molecule has 1 aliphatic heterocycles. The number of hydrogen-bond donors (Lipinski definition) is 1. The highest BCUT2D eigenvalue weighted by Crippen LogP contribution is 2.27. The second-order valence-corrected chi connectivity index (χ2v) is 7.29. The summed E-state index contributed by atoms with van der Waals surface area (Å²) >= 11 is 1.78. The van der Waals surface area contributed by atoms with Crippen LogP contribution in [0.3, 0.4) is 0 Å². The van der Waals surface area contributed by atoms with E-state index < -0.39 is 0 Å². The molecule has 1 fully saturated rings. The standard InChI is InChI=1S/C19H24N2O3S.ClH/c1-3-24-19(22)17-12-15(20-13-16-6-4-14(2)25-16)5-7-18(17)21-8-10-23-11-9-21;/h4-7,12,20H,3,8-11,13H2,1-2H3;1H. The van der Waals surface area contributed by atoms with Crippen LogP contribution < -0.4 is 10.2 Å². The molecule has 1 aliphatic rings. The number of benzene rings is 1. The Bertz CT molecular complexity index is 729. The molecule has 1 saturated heterocycles. The second kappa shape index (κ2) is 9.80. The van der Waals surface area contributed by atoms with Gasteiger partial charge in [0.25, 0.3) is 0 Å². The Morgan fingerprint density at radius 3 is 2.69 bits per heavy atom. The number of nitrogens with one attached hydrogen (secondary N) is 1. The Labute approximate surface area is 164 Å². The maximum absolute atomic E-state index is 12.4. The van der Waals surface area contributed by atoms with Crippen LogP contribution in [0, 0.1) is 6.92 Å². The normalized spacial score (nSPS) is 13.8. The number of thiophene rings is 1. The van der Waals surface area contributed by atoms with Crippen LogP contribution in [-0.4, -0.2) is 38.9 Å². The lowest BCUT2D eigenvalue weighted by Crippen LogP contribution is -2.37. The van der Waals surface area contributed by atoms with Crippen molar-refractivity contribution in [3.63, 3.8) is 0 Å². The second-order valence-electron chi connectivity index (χ2n) is 5.92. The third-order valence-electron chi connectivity index (χ3n) is 4.11. The van der Waals surface area contributed by atoms with Crippen LogP contribution >= 0.6 is 23.7 Å². The minimum atomic E-state index is -0.278. The van der Waals surface area contributed by atoms with E-state index in [1.165, 1.54) is 9.75 Å². The predicted octanol–water partition coefficient (Wildman–Crippen LogP) is 4.10. The molecular weight excluding hydrogens is 372 g/mol. The molecule has 1 aromatic heterocycles. The highest BCUT2D eigenvalue weighted by atomic mass is 35.5. The van der Waals surface area contributed by atoms with Gasteiger partial charge < -0.3 is 19.7 Å². The van der Waals surface area contributed by atoms with Crippen LogP contribution in [0.5, 0.6) is 0 Å². The Hall–Kier alpha value is -1.76. The molecule has 2 heterocycles. The molecule has 1 N–H and O–H groups in total. The van der Waals surface area contributed by atoms with Gasteiger partial charge in [0.1, 0.15) is 0 Å². The van der Waals surface area contributed by atoms with Crippen molar-refractivity contribution in [2.45, 2.75) is 20.4 Å². The van der Waals surface area contributed by atoms with E-state index in [9.17, 15) is 4.79 Å². The number of morpholine rings is 1. The van der Waals surface area contributed by atoms with Gasteiger partial charge in [0.15, 0.2) is 0 Å². The van der Waals surface area contributed by atoms with Crippen molar-refractivity contribution in [2.24, 2.45) is 0 Å². The number of hydrogen-bond acceptors (Lipinski definition) is 6. The molecule has 7 heteroatoms. The van der Waals surface area contributed by atoms with Crippen LogP contribution in [0.25, 0.3) is 0 Å². The smallest absolute Gasteiger partial charge is 0.340 e. The minimum absolute atomic E-state index is 0. The van der Waals surface area contributed by atoms with Crippen molar-refractivity contribution in [3.05, 3.63) is 45.6 Å². The topological polar surface area (TPSA) is 50.8 Å². The van der Waals surface area contributed by atoms with Crippen LogP contribution in [0.2, 0.25) is 0 Å². The first-order chi connectivity index (χ1) is 12.2. The van der Waals surface area contributed by atoms with Gasteiger partial charge in [-0.3, -0.25) is 0 Å². The zero-order valence-corrected chi connectivity index (χ0v) is 16.8. The third-order valence-corrected chi connectivity index (χ3v) is 5.11. The molecule has 0 atom stereocenters. The molecule has 2 aromatic rings. The van der Waals surface area contributed by atoms with E-state index in [2.05, 4.69) is 29.3 Å². The van der Waals surface area contributed by atoms with Crippen molar-refractivity contribution in [2.75, 3.05) is 43.1 Å². The lowest BCUT2D eigenvalue weighted by Gasteiger charge is -2.30. The van der Waals surface area contributed by atoms with E-state index in [-0.39, 0.29) is 18.4 Å². The van der Waals surface area contributed by atoms with E-state index in [1.54, 1.807) is 11.3 Å². The van der Waals surface area contributed by atoms with Gasteiger partial charge in [-0.15, -0.1) is 23.7 Å². The average Bonchev–Trinajstić information content (AvgIpc) is 3.06. The Morgan fingerprint density at radius 2 is 2.04 bits per heavy atom. The Kier molecular flexibility index (Phi) is 7.75. The predicted molar refractivity (Wildman–Crippen MR) is 109 cm³/mol. The molecule has 5 nitrogen and oxygen atoms in total. The van der Waals surface area contributed by atoms with Crippen LogP contribution in [0.4, 0.5) is 11.4 Å². The SMILES string of the molecule is CCOC(=O)c1cc(NCc2ccc(C)s2)ccc1N1CCOCC1.Cl. The Balaban J connectivity index is 0.00000243. The minimum Gasteiger partial charge on any atom is -0.462 e. The number of anilines is 2. The van der Waals surface area contributed by atoms with Gasteiger partial charge in [-0.25, -0.2) is 4.79 Å². The number of halogens is 1. The Morgan fingerprint density at radius 1 is 1.27 bits per heavy atom. The third kappa shape index (κ3) is 5.13. The number of aryl methyl sites for hydroxylation is 1. The average molecular weight is 397 g/mol. The summed E-state index contributed by atoms with van der Waals surface area (Å²) in [5.41, 5.74) is 2.45. The number of carbonyl (C=O) groups is 1. The van der Waals surface area contributed by atoms with E-state index in [4.69, 9.17) is 9.47 Å². The lowest BCUT2D eigenvalue weighted by molar-refractivity contribution is 0.0526. The summed E-state index contributed by atoms with van der Waals surface area (Å²) in [7, 11) is 0. The van der Waals surface area contributed by atoms with Gasteiger partial charge in [-0.1, -0.05) is 0 Å². The van der Waals surface area contributed by atoms with E-state index >= 15 is 0 Å². The first kappa shape index (κ1) is 20.6. The molecule has 142 valence electrons. The summed E-state index contributed by atoms with van der Waals surface area (Å²) in [5, 5.41) is 3.40. The summed E-state index contributed by atoms with van der Waals surface area (Å²) in [5.74, 6) is -0.278. The van der Waals surface area contributed by atoms with E-state index in [0.717, 1.165) is 31.0 Å². The number of rotatable bonds is 6. The van der Waals surface area contributed by atoms with Crippen molar-refractivity contribution in [1.29, 1.82) is 0 Å². The van der Waals surface area contributed by atoms with Crippen molar-refractivity contribution >= 4 is 41.1 Å².